The summed E-state index contributed by atoms with van der Waals surface area (Å²) in [6, 6.07) is 8.09. The molecule has 10 heteroatoms. The lowest BCUT2D eigenvalue weighted by Crippen LogP contribution is -2.41. The van der Waals surface area contributed by atoms with Gasteiger partial charge in [0.05, 0.1) is 42.8 Å². The van der Waals surface area contributed by atoms with E-state index >= 15 is 0 Å². The van der Waals surface area contributed by atoms with Gasteiger partial charge in [-0.15, -0.1) is 0 Å². The van der Waals surface area contributed by atoms with Crippen LogP contribution < -0.4 is 10.5 Å². The summed E-state index contributed by atoms with van der Waals surface area (Å²) >= 11 is 0. The van der Waals surface area contributed by atoms with Gasteiger partial charge in [0, 0.05) is 18.3 Å². The van der Waals surface area contributed by atoms with Crippen molar-refractivity contribution in [2.45, 2.75) is 18.8 Å². The highest BCUT2D eigenvalue weighted by Crippen LogP contribution is 2.30. The molecule has 1 aromatic carbocycles. The fourth-order valence-corrected chi connectivity index (χ4v) is 3.22. The number of nitrogens with zero attached hydrogens (tertiary/aromatic N) is 4. The molecule has 0 amide bonds. The zero-order chi connectivity index (χ0) is 22.5. The molecule has 1 aliphatic rings. The van der Waals surface area contributed by atoms with Gasteiger partial charge in [-0.05, 0) is 44.4 Å². The fraction of sp³-hybridized carbons (Fsp3) is 0.409. The van der Waals surface area contributed by atoms with Crippen LogP contribution in [0.15, 0.2) is 36.5 Å². The van der Waals surface area contributed by atoms with Gasteiger partial charge < -0.3 is 29.8 Å². The number of rotatable bonds is 8. The Labute approximate surface area is 185 Å². The van der Waals surface area contributed by atoms with Gasteiger partial charge in [-0.1, -0.05) is 0 Å². The largest absolute Gasteiger partial charge is 0.462 e. The Hall–Kier alpha value is -2.92. The predicted molar refractivity (Wildman–Crippen MR) is 116 cm³/mol. The second-order valence-electron chi connectivity index (χ2n) is 7.85. The van der Waals surface area contributed by atoms with Crippen LogP contribution in [-0.2, 0) is 15.9 Å². The van der Waals surface area contributed by atoms with Gasteiger partial charge in [0.25, 0.3) is 0 Å². The quantitative estimate of drug-likeness (QED) is 0.544. The summed E-state index contributed by atoms with van der Waals surface area (Å²) in [7, 11) is 3.93. The molecule has 3 heterocycles. The van der Waals surface area contributed by atoms with Crippen LogP contribution in [0.3, 0.4) is 0 Å². The third kappa shape index (κ3) is 5.65. The van der Waals surface area contributed by atoms with Crippen molar-refractivity contribution in [1.82, 2.24) is 24.8 Å². The average molecular weight is 442 g/mol. The fourth-order valence-electron chi connectivity index (χ4n) is 3.22. The van der Waals surface area contributed by atoms with Crippen LogP contribution >= 0.6 is 0 Å². The van der Waals surface area contributed by atoms with E-state index in [0.29, 0.717) is 49.1 Å². The summed E-state index contributed by atoms with van der Waals surface area (Å²) in [5.74, 6) is 0.346. The Balaban J connectivity index is 1.62. The van der Waals surface area contributed by atoms with Crippen LogP contribution in [0.1, 0.15) is 5.82 Å². The first-order valence-electron chi connectivity index (χ1n) is 10.4. The highest BCUT2D eigenvalue weighted by Gasteiger charge is 2.23. The van der Waals surface area contributed by atoms with Crippen LogP contribution in [0.25, 0.3) is 22.6 Å². The molecule has 2 aromatic heterocycles. The minimum Gasteiger partial charge on any atom is -0.462 e. The topological polar surface area (TPSA) is 111 Å². The van der Waals surface area contributed by atoms with Crippen molar-refractivity contribution < 1.29 is 18.6 Å². The maximum absolute atomic E-state index is 13.5. The minimum absolute atomic E-state index is 0.125. The van der Waals surface area contributed by atoms with Crippen molar-refractivity contribution in [2.24, 2.45) is 5.73 Å². The molecule has 0 aliphatic carbocycles. The van der Waals surface area contributed by atoms with Gasteiger partial charge in [-0.25, -0.2) is 14.4 Å². The van der Waals surface area contributed by atoms with Crippen molar-refractivity contribution in [3.63, 3.8) is 0 Å². The Kier molecular flexibility index (Phi) is 7.05. The summed E-state index contributed by atoms with van der Waals surface area (Å²) in [5.41, 5.74) is 8.51. The van der Waals surface area contributed by atoms with E-state index < -0.39 is 6.29 Å². The lowest BCUT2D eigenvalue weighted by atomic mass is 10.1. The van der Waals surface area contributed by atoms with Crippen molar-refractivity contribution in [2.75, 3.05) is 40.5 Å². The number of aromatic nitrogens is 4. The molecule has 0 unspecified atom stereocenters. The van der Waals surface area contributed by atoms with E-state index in [1.54, 1.807) is 24.4 Å². The molecule has 0 bridgehead atoms. The van der Waals surface area contributed by atoms with Gasteiger partial charge in [-0.2, -0.15) is 4.98 Å². The smallest absolute Gasteiger partial charge is 0.316 e. The average Bonchev–Trinajstić information content (AvgIpc) is 3.20. The summed E-state index contributed by atoms with van der Waals surface area (Å²) in [6.07, 6.45) is 1.61. The molecule has 0 atom stereocenters. The van der Waals surface area contributed by atoms with Crippen molar-refractivity contribution >= 4 is 0 Å². The molecule has 4 rings (SSSR count). The lowest BCUT2D eigenvalue weighted by Gasteiger charge is -2.26. The molecule has 32 heavy (non-hydrogen) atoms. The molecular formula is C22H27FN6O3. The zero-order valence-corrected chi connectivity index (χ0v) is 18.1. The Morgan fingerprint density at radius 1 is 1.16 bits per heavy atom. The molecule has 1 aliphatic heterocycles. The summed E-state index contributed by atoms with van der Waals surface area (Å²) < 4.78 is 30.5. The molecular weight excluding hydrogens is 415 g/mol. The van der Waals surface area contributed by atoms with E-state index in [1.165, 1.54) is 12.1 Å². The molecule has 9 nitrogen and oxygen atoms in total. The van der Waals surface area contributed by atoms with E-state index in [4.69, 9.17) is 24.9 Å². The second-order valence-corrected chi connectivity index (χ2v) is 7.85. The molecule has 3 N–H and O–H groups in total. The Bertz CT molecular complexity index is 1020. The first-order valence-corrected chi connectivity index (χ1v) is 10.4. The van der Waals surface area contributed by atoms with Crippen molar-refractivity contribution in [1.29, 1.82) is 0 Å². The Morgan fingerprint density at radius 3 is 2.62 bits per heavy atom. The van der Waals surface area contributed by atoms with Gasteiger partial charge in [0.15, 0.2) is 6.29 Å². The zero-order valence-electron chi connectivity index (χ0n) is 18.1. The second kappa shape index (κ2) is 10.1. The maximum Gasteiger partial charge on any atom is 0.316 e. The van der Waals surface area contributed by atoms with Crippen molar-refractivity contribution in [3.05, 3.63) is 48.2 Å². The van der Waals surface area contributed by atoms with Gasteiger partial charge in [-0.3, -0.25) is 0 Å². The molecule has 0 spiro atoms. The monoisotopic (exact) mass is 442 g/mol. The number of likely N-dealkylation sites (N-methyl/N-ethyl adjacent to an activating group) is 1. The number of benzene rings is 1. The van der Waals surface area contributed by atoms with Crippen LogP contribution in [0.4, 0.5) is 4.39 Å². The molecule has 0 radical (unpaired) electrons. The first kappa shape index (κ1) is 22.3. The van der Waals surface area contributed by atoms with Gasteiger partial charge in [0.1, 0.15) is 18.2 Å². The van der Waals surface area contributed by atoms with Crippen LogP contribution in [0.5, 0.6) is 6.01 Å². The number of nitrogens with two attached hydrogens (primary N) is 1. The SMILES string of the molecule is CN(C)CCOc1nccc(-c2[nH]c(CC3OCC(N)CO3)nc2-c2ccc(F)cc2)n1. The van der Waals surface area contributed by atoms with Gasteiger partial charge >= 0.3 is 6.01 Å². The van der Waals surface area contributed by atoms with Crippen LogP contribution in [-0.4, -0.2) is 77.6 Å². The lowest BCUT2D eigenvalue weighted by molar-refractivity contribution is -0.184. The van der Waals surface area contributed by atoms with Crippen molar-refractivity contribution in [3.8, 4) is 28.7 Å². The number of aromatic amines is 1. The molecule has 170 valence electrons. The number of hydrogen-bond acceptors (Lipinski definition) is 8. The number of nitrogens with one attached hydrogen (secondary N) is 1. The minimum atomic E-state index is -0.440. The van der Waals surface area contributed by atoms with E-state index in [-0.39, 0.29) is 17.9 Å². The number of halogens is 1. The third-order valence-corrected chi connectivity index (χ3v) is 4.88. The van der Waals surface area contributed by atoms with Crippen LogP contribution in [0.2, 0.25) is 0 Å². The van der Waals surface area contributed by atoms with E-state index in [1.807, 2.05) is 19.0 Å². The summed E-state index contributed by atoms with van der Waals surface area (Å²) in [4.78, 5) is 18.8. The number of imidazole rings is 1. The molecule has 0 saturated carbocycles. The third-order valence-electron chi connectivity index (χ3n) is 4.88. The number of hydrogen-bond donors (Lipinski definition) is 2. The summed E-state index contributed by atoms with van der Waals surface area (Å²) in [5, 5.41) is 0. The normalized spacial score (nSPS) is 18.8. The molecule has 1 saturated heterocycles. The van der Waals surface area contributed by atoms with E-state index in [9.17, 15) is 4.39 Å². The number of H-pyrrole nitrogens is 1. The first-order chi connectivity index (χ1) is 15.5. The van der Waals surface area contributed by atoms with Crippen LogP contribution in [0, 0.1) is 5.82 Å². The van der Waals surface area contributed by atoms with E-state index in [2.05, 4.69) is 15.0 Å². The standard InChI is InChI=1S/C22H27FN6O3/c1-29(2)9-10-30-22-25-8-7-17(26-22)21-20(14-3-5-15(23)6-4-14)27-18(28-21)11-19-31-12-16(24)13-32-19/h3-8,16,19H,9-13,24H2,1-2H3,(H,27,28). The van der Waals surface area contributed by atoms with E-state index in [0.717, 1.165) is 12.1 Å². The highest BCUT2D eigenvalue weighted by atomic mass is 19.1. The molecule has 3 aromatic rings. The van der Waals surface area contributed by atoms with Gasteiger partial charge in [0.2, 0.25) is 0 Å². The summed E-state index contributed by atoms with van der Waals surface area (Å²) in [6.45, 7) is 2.08. The predicted octanol–water partition coefficient (Wildman–Crippen LogP) is 1.86. The molecule has 1 fully saturated rings. The Morgan fingerprint density at radius 2 is 1.91 bits per heavy atom. The highest BCUT2D eigenvalue weighted by molar-refractivity contribution is 5.76. The maximum atomic E-state index is 13.5. The number of ether oxygens (including phenoxy) is 3.